The van der Waals surface area contributed by atoms with E-state index in [-0.39, 0.29) is 17.4 Å². The van der Waals surface area contributed by atoms with Crippen molar-refractivity contribution in [3.05, 3.63) is 77.1 Å². The number of rotatable bonds is 6. The summed E-state index contributed by atoms with van der Waals surface area (Å²) in [6, 6.07) is 12.6. The van der Waals surface area contributed by atoms with Crippen molar-refractivity contribution in [1.82, 2.24) is 19.2 Å². The Balaban J connectivity index is 1.53. The number of ether oxygens (including phenoxy) is 1. The quantitative estimate of drug-likeness (QED) is 0.464. The predicted molar refractivity (Wildman–Crippen MR) is 115 cm³/mol. The lowest BCUT2D eigenvalue weighted by atomic mass is 10.3. The normalized spacial score (nSPS) is 12.0. The molecule has 0 spiro atoms. The Morgan fingerprint density at radius 2 is 1.81 bits per heavy atom. The SMILES string of the molecule is COc1ccc(NC(=O)C(C)Sc2nnc3c(=O)n(-c4ccc(F)cc4)ccn23)cc1. The van der Waals surface area contributed by atoms with Crippen molar-refractivity contribution in [2.24, 2.45) is 0 Å². The predicted octanol–water partition coefficient (Wildman–Crippen LogP) is 3.15. The van der Waals surface area contributed by atoms with Gasteiger partial charge in [-0.2, -0.15) is 0 Å². The van der Waals surface area contributed by atoms with E-state index in [1.165, 1.54) is 45.0 Å². The molecule has 0 aliphatic carbocycles. The second-order valence-corrected chi connectivity index (χ2v) is 7.91. The summed E-state index contributed by atoms with van der Waals surface area (Å²) in [5.41, 5.74) is 0.866. The van der Waals surface area contributed by atoms with Crippen molar-refractivity contribution in [3.63, 3.8) is 0 Å². The van der Waals surface area contributed by atoms with E-state index in [1.54, 1.807) is 50.7 Å². The first-order valence-electron chi connectivity index (χ1n) is 9.30. The van der Waals surface area contributed by atoms with Crippen molar-refractivity contribution in [3.8, 4) is 11.4 Å². The molecule has 2 aromatic carbocycles. The molecule has 4 rings (SSSR count). The summed E-state index contributed by atoms with van der Waals surface area (Å²) in [5, 5.41) is 10.8. The zero-order valence-electron chi connectivity index (χ0n) is 16.7. The maximum atomic E-state index is 13.2. The van der Waals surface area contributed by atoms with Gasteiger partial charge in [0.15, 0.2) is 5.16 Å². The van der Waals surface area contributed by atoms with E-state index in [4.69, 9.17) is 4.74 Å². The number of anilines is 1. The monoisotopic (exact) mass is 439 g/mol. The molecule has 2 heterocycles. The number of aromatic nitrogens is 4. The van der Waals surface area contributed by atoms with Crippen LogP contribution in [-0.2, 0) is 4.79 Å². The summed E-state index contributed by atoms with van der Waals surface area (Å²) in [6.45, 7) is 1.74. The minimum absolute atomic E-state index is 0.108. The largest absolute Gasteiger partial charge is 0.497 e. The van der Waals surface area contributed by atoms with Gasteiger partial charge in [0.2, 0.25) is 11.6 Å². The number of hydrogen-bond acceptors (Lipinski definition) is 6. The minimum Gasteiger partial charge on any atom is -0.497 e. The van der Waals surface area contributed by atoms with Gasteiger partial charge in [-0.15, -0.1) is 10.2 Å². The van der Waals surface area contributed by atoms with E-state index in [2.05, 4.69) is 15.5 Å². The van der Waals surface area contributed by atoms with E-state index in [0.29, 0.717) is 22.3 Å². The van der Waals surface area contributed by atoms with Gasteiger partial charge in [0.25, 0.3) is 0 Å². The van der Waals surface area contributed by atoms with Gasteiger partial charge >= 0.3 is 5.56 Å². The van der Waals surface area contributed by atoms with Crippen molar-refractivity contribution >= 4 is 29.0 Å². The number of halogens is 1. The summed E-state index contributed by atoms with van der Waals surface area (Å²) in [6.07, 6.45) is 3.19. The number of amides is 1. The van der Waals surface area contributed by atoms with Crippen LogP contribution in [0.3, 0.4) is 0 Å². The zero-order valence-corrected chi connectivity index (χ0v) is 17.5. The summed E-state index contributed by atoms with van der Waals surface area (Å²) < 4.78 is 21.2. The highest BCUT2D eigenvalue weighted by molar-refractivity contribution is 8.00. The number of carbonyl (C=O) groups excluding carboxylic acids is 1. The number of fused-ring (bicyclic) bond motifs is 1. The van der Waals surface area contributed by atoms with Crippen molar-refractivity contribution in [1.29, 1.82) is 0 Å². The van der Waals surface area contributed by atoms with E-state index in [9.17, 15) is 14.0 Å². The molecule has 0 radical (unpaired) electrons. The first kappa shape index (κ1) is 20.6. The second kappa shape index (κ2) is 8.60. The van der Waals surface area contributed by atoms with Crippen molar-refractivity contribution < 1.29 is 13.9 Å². The van der Waals surface area contributed by atoms with E-state index >= 15 is 0 Å². The smallest absolute Gasteiger partial charge is 0.300 e. The maximum Gasteiger partial charge on any atom is 0.300 e. The lowest BCUT2D eigenvalue weighted by molar-refractivity contribution is -0.115. The topological polar surface area (TPSA) is 90.5 Å². The number of methoxy groups -OCH3 is 1. The number of benzene rings is 2. The highest BCUT2D eigenvalue weighted by Crippen LogP contribution is 2.23. The van der Waals surface area contributed by atoms with Crippen LogP contribution in [0.4, 0.5) is 10.1 Å². The fraction of sp³-hybridized carbons (Fsp3) is 0.143. The molecule has 0 saturated carbocycles. The van der Waals surface area contributed by atoms with Gasteiger partial charge in [0.1, 0.15) is 11.6 Å². The van der Waals surface area contributed by atoms with Crippen molar-refractivity contribution in [2.75, 3.05) is 12.4 Å². The van der Waals surface area contributed by atoms with Crippen molar-refractivity contribution in [2.45, 2.75) is 17.3 Å². The first-order chi connectivity index (χ1) is 15.0. The minimum atomic E-state index is -0.492. The number of nitrogens with zero attached hydrogens (tertiary/aromatic N) is 4. The van der Waals surface area contributed by atoms with Gasteiger partial charge in [-0.3, -0.25) is 18.6 Å². The van der Waals surface area contributed by atoms with Crippen LogP contribution in [0.25, 0.3) is 11.3 Å². The molecule has 10 heteroatoms. The molecule has 0 fully saturated rings. The Morgan fingerprint density at radius 3 is 2.48 bits per heavy atom. The molecule has 31 heavy (non-hydrogen) atoms. The lowest BCUT2D eigenvalue weighted by Gasteiger charge is -2.11. The van der Waals surface area contributed by atoms with Crippen LogP contribution < -0.4 is 15.6 Å². The van der Waals surface area contributed by atoms with Gasteiger partial charge in [0.05, 0.1) is 12.4 Å². The van der Waals surface area contributed by atoms with Gasteiger partial charge < -0.3 is 10.1 Å². The van der Waals surface area contributed by atoms with Crippen LogP contribution in [-0.4, -0.2) is 37.4 Å². The number of thioether (sulfide) groups is 1. The highest BCUT2D eigenvalue weighted by Gasteiger charge is 2.19. The highest BCUT2D eigenvalue weighted by atomic mass is 32.2. The molecule has 0 aliphatic rings. The Labute approximate surface area is 180 Å². The molecule has 1 unspecified atom stereocenters. The number of hydrogen-bond donors (Lipinski definition) is 1. The molecule has 1 amide bonds. The lowest BCUT2D eigenvalue weighted by Crippen LogP contribution is -2.23. The van der Waals surface area contributed by atoms with Crippen LogP contribution in [0.1, 0.15) is 6.92 Å². The van der Waals surface area contributed by atoms with Crippen LogP contribution in [0.5, 0.6) is 5.75 Å². The Kier molecular flexibility index (Phi) is 5.72. The summed E-state index contributed by atoms with van der Waals surface area (Å²) in [5.74, 6) is 0.0918. The molecule has 0 bridgehead atoms. The van der Waals surface area contributed by atoms with Gasteiger partial charge in [-0.05, 0) is 55.5 Å². The molecular formula is C21H18FN5O3S. The molecule has 158 valence electrons. The van der Waals surface area contributed by atoms with Gasteiger partial charge in [-0.1, -0.05) is 11.8 Å². The average Bonchev–Trinajstić information content (AvgIpc) is 3.19. The van der Waals surface area contributed by atoms with Crippen LogP contribution in [0.2, 0.25) is 0 Å². The molecule has 1 N–H and O–H groups in total. The third kappa shape index (κ3) is 4.29. The first-order valence-corrected chi connectivity index (χ1v) is 10.2. The van der Waals surface area contributed by atoms with Gasteiger partial charge in [-0.25, -0.2) is 4.39 Å². The average molecular weight is 439 g/mol. The Hall–Kier alpha value is -3.66. The fourth-order valence-electron chi connectivity index (χ4n) is 2.88. The Morgan fingerprint density at radius 1 is 1.10 bits per heavy atom. The maximum absolute atomic E-state index is 13.2. The third-order valence-electron chi connectivity index (χ3n) is 4.55. The molecule has 2 aromatic heterocycles. The molecule has 8 nitrogen and oxygen atoms in total. The third-order valence-corrected chi connectivity index (χ3v) is 5.61. The Bertz CT molecular complexity index is 1290. The zero-order chi connectivity index (χ0) is 22.0. The number of nitrogens with one attached hydrogen (secondary N) is 1. The molecule has 0 aliphatic heterocycles. The molecule has 4 aromatic rings. The van der Waals surface area contributed by atoms with Crippen LogP contribution >= 0.6 is 11.8 Å². The molecular weight excluding hydrogens is 421 g/mol. The summed E-state index contributed by atoms with van der Waals surface area (Å²) >= 11 is 1.18. The summed E-state index contributed by atoms with van der Waals surface area (Å²) in [4.78, 5) is 25.3. The van der Waals surface area contributed by atoms with E-state index < -0.39 is 10.8 Å². The summed E-state index contributed by atoms with van der Waals surface area (Å²) in [7, 11) is 1.57. The second-order valence-electron chi connectivity index (χ2n) is 6.60. The van der Waals surface area contributed by atoms with Crippen LogP contribution in [0.15, 0.2) is 70.9 Å². The molecule has 0 saturated heterocycles. The van der Waals surface area contributed by atoms with Crippen LogP contribution in [0, 0.1) is 5.82 Å². The fourth-order valence-corrected chi connectivity index (χ4v) is 3.71. The standard InChI is InChI=1S/C21H18FN5O3S/c1-13(19(28)23-15-5-9-17(30-2)10-6-15)31-21-25-24-18-20(29)26(11-12-27(18)21)16-7-3-14(22)4-8-16/h3-13H,1-2H3,(H,23,28). The van der Waals surface area contributed by atoms with Gasteiger partial charge in [0, 0.05) is 23.8 Å². The van der Waals surface area contributed by atoms with E-state index in [0.717, 1.165) is 0 Å². The molecule has 1 atom stereocenters. The number of carbonyl (C=O) groups is 1. The van der Waals surface area contributed by atoms with E-state index in [1.807, 2.05) is 0 Å².